The minimum atomic E-state index is -0.137. The predicted molar refractivity (Wildman–Crippen MR) is 89.4 cm³/mol. The first-order valence-electron chi connectivity index (χ1n) is 7.33. The molecule has 0 unspecified atom stereocenters. The van der Waals surface area contributed by atoms with E-state index < -0.39 is 0 Å². The lowest BCUT2D eigenvalue weighted by Crippen LogP contribution is -2.30. The normalized spacial score (nSPS) is 11.3. The molecule has 0 bridgehead atoms. The van der Waals surface area contributed by atoms with Crippen molar-refractivity contribution in [3.63, 3.8) is 0 Å². The molecule has 3 aromatic rings. The van der Waals surface area contributed by atoms with Crippen LogP contribution in [-0.4, -0.2) is 16.9 Å². The van der Waals surface area contributed by atoms with Crippen molar-refractivity contribution in [2.24, 2.45) is 0 Å². The number of nitrogens with one attached hydrogen (secondary N) is 2. The summed E-state index contributed by atoms with van der Waals surface area (Å²) < 4.78 is 0. The number of hydrogen-bond donors (Lipinski definition) is 2. The Bertz CT molecular complexity index is 939. The third-order valence-electron chi connectivity index (χ3n) is 3.64. The van der Waals surface area contributed by atoms with Crippen LogP contribution in [0.1, 0.15) is 29.8 Å². The molecule has 0 spiro atoms. The van der Waals surface area contributed by atoms with E-state index in [1.54, 1.807) is 18.2 Å². The van der Waals surface area contributed by atoms with Crippen LogP contribution in [0.15, 0.2) is 41.2 Å². The van der Waals surface area contributed by atoms with E-state index in [1.807, 2.05) is 39.0 Å². The number of aromatic nitrogens is 1. The van der Waals surface area contributed by atoms with Gasteiger partial charge in [-0.3, -0.25) is 9.59 Å². The Balaban J connectivity index is 2.21. The number of aromatic amines is 1. The van der Waals surface area contributed by atoms with Crippen LogP contribution in [0.25, 0.3) is 21.8 Å². The van der Waals surface area contributed by atoms with Gasteiger partial charge in [0.05, 0.1) is 5.52 Å². The summed E-state index contributed by atoms with van der Waals surface area (Å²) in [6.45, 7) is 5.79. The van der Waals surface area contributed by atoms with Crippen LogP contribution in [0.2, 0.25) is 0 Å². The monoisotopic (exact) mass is 294 g/mol. The maximum absolute atomic E-state index is 12.6. The number of amides is 1. The molecule has 4 nitrogen and oxygen atoms in total. The van der Waals surface area contributed by atoms with Crippen molar-refractivity contribution in [3.05, 3.63) is 57.7 Å². The molecule has 1 aromatic heterocycles. The lowest BCUT2D eigenvalue weighted by Gasteiger charge is -2.09. The predicted octanol–water partition coefficient (Wildman–Crippen LogP) is 3.13. The van der Waals surface area contributed by atoms with E-state index >= 15 is 0 Å². The second-order valence-electron chi connectivity index (χ2n) is 5.89. The largest absolute Gasteiger partial charge is 0.354 e. The molecule has 22 heavy (non-hydrogen) atoms. The second-order valence-corrected chi connectivity index (χ2v) is 5.89. The molecule has 4 heteroatoms. The third kappa shape index (κ3) is 2.48. The van der Waals surface area contributed by atoms with E-state index in [9.17, 15) is 9.59 Å². The first kappa shape index (κ1) is 14.3. The number of pyridine rings is 1. The molecule has 0 fully saturated rings. The molecule has 0 saturated heterocycles. The number of hydrogen-bond acceptors (Lipinski definition) is 2. The standard InChI is InChI=1S/C18H18N2O2/c1-10(2)19-18(22)12-5-6-13-16(9-12)20-15-7-4-11(3)8-14(15)17(13)21/h4-10H,1-3H3,(H,19,22)(H,20,21). The summed E-state index contributed by atoms with van der Waals surface area (Å²) in [5, 5.41) is 4.12. The minimum Gasteiger partial charge on any atom is -0.354 e. The van der Waals surface area contributed by atoms with Crippen LogP contribution >= 0.6 is 0 Å². The highest BCUT2D eigenvalue weighted by Gasteiger charge is 2.10. The number of benzene rings is 2. The van der Waals surface area contributed by atoms with Gasteiger partial charge in [-0.25, -0.2) is 0 Å². The van der Waals surface area contributed by atoms with Gasteiger partial charge in [0.25, 0.3) is 5.91 Å². The number of fused-ring (bicyclic) bond motifs is 2. The quantitative estimate of drug-likeness (QED) is 0.713. The Kier molecular flexibility index (Phi) is 3.45. The summed E-state index contributed by atoms with van der Waals surface area (Å²) in [7, 11) is 0. The molecular formula is C18H18N2O2. The van der Waals surface area contributed by atoms with Crippen molar-refractivity contribution >= 4 is 27.7 Å². The Morgan fingerprint density at radius 1 is 1.05 bits per heavy atom. The van der Waals surface area contributed by atoms with Gasteiger partial charge in [-0.05, 0) is 51.1 Å². The van der Waals surface area contributed by atoms with Crippen LogP contribution in [-0.2, 0) is 0 Å². The molecule has 0 aliphatic carbocycles. The van der Waals surface area contributed by atoms with Gasteiger partial charge in [0.15, 0.2) is 5.43 Å². The van der Waals surface area contributed by atoms with Gasteiger partial charge in [-0.1, -0.05) is 11.6 Å². The fourth-order valence-electron chi connectivity index (χ4n) is 2.58. The SMILES string of the molecule is Cc1ccc2[nH]c3cc(C(=O)NC(C)C)ccc3c(=O)c2c1. The van der Waals surface area contributed by atoms with Crippen molar-refractivity contribution < 1.29 is 4.79 Å². The highest BCUT2D eigenvalue weighted by atomic mass is 16.1. The zero-order valence-electron chi connectivity index (χ0n) is 12.9. The van der Waals surface area contributed by atoms with E-state index in [0.29, 0.717) is 21.9 Å². The molecule has 2 aromatic carbocycles. The fraction of sp³-hybridized carbons (Fsp3) is 0.222. The van der Waals surface area contributed by atoms with Crippen molar-refractivity contribution in [1.29, 1.82) is 0 Å². The molecule has 112 valence electrons. The highest BCUT2D eigenvalue weighted by molar-refractivity contribution is 6.00. The topological polar surface area (TPSA) is 62.0 Å². The molecular weight excluding hydrogens is 276 g/mol. The van der Waals surface area contributed by atoms with Crippen LogP contribution in [0.5, 0.6) is 0 Å². The molecule has 3 rings (SSSR count). The van der Waals surface area contributed by atoms with E-state index in [0.717, 1.165) is 11.1 Å². The summed E-state index contributed by atoms with van der Waals surface area (Å²) in [6.07, 6.45) is 0. The van der Waals surface area contributed by atoms with Crippen LogP contribution in [0, 0.1) is 6.92 Å². The van der Waals surface area contributed by atoms with E-state index in [4.69, 9.17) is 0 Å². The van der Waals surface area contributed by atoms with Gasteiger partial charge in [0.2, 0.25) is 0 Å². The Morgan fingerprint density at radius 2 is 1.82 bits per heavy atom. The molecule has 0 aliphatic rings. The van der Waals surface area contributed by atoms with E-state index in [-0.39, 0.29) is 17.4 Å². The summed E-state index contributed by atoms with van der Waals surface area (Å²) in [5.74, 6) is -0.137. The Labute approximate surface area is 128 Å². The van der Waals surface area contributed by atoms with Crippen molar-refractivity contribution in [2.45, 2.75) is 26.8 Å². The van der Waals surface area contributed by atoms with Gasteiger partial charge in [-0.15, -0.1) is 0 Å². The molecule has 0 atom stereocenters. The zero-order chi connectivity index (χ0) is 15.9. The van der Waals surface area contributed by atoms with Gasteiger partial charge in [0, 0.05) is 27.9 Å². The Hall–Kier alpha value is -2.62. The summed E-state index contributed by atoms with van der Waals surface area (Å²) in [6, 6.07) is 10.9. The molecule has 0 saturated carbocycles. The average Bonchev–Trinajstić information content (AvgIpc) is 2.47. The lowest BCUT2D eigenvalue weighted by atomic mass is 10.1. The molecule has 1 amide bonds. The van der Waals surface area contributed by atoms with Gasteiger partial charge >= 0.3 is 0 Å². The number of H-pyrrole nitrogens is 1. The molecule has 0 aliphatic heterocycles. The molecule has 2 N–H and O–H groups in total. The lowest BCUT2D eigenvalue weighted by molar-refractivity contribution is 0.0943. The summed E-state index contributed by atoms with van der Waals surface area (Å²) >= 11 is 0. The van der Waals surface area contributed by atoms with Crippen LogP contribution in [0.3, 0.4) is 0 Å². The second kappa shape index (κ2) is 5.30. The van der Waals surface area contributed by atoms with Gasteiger partial charge < -0.3 is 10.3 Å². The summed E-state index contributed by atoms with van der Waals surface area (Å²) in [4.78, 5) is 27.9. The Morgan fingerprint density at radius 3 is 2.55 bits per heavy atom. The van der Waals surface area contributed by atoms with E-state index in [1.165, 1.54) is 0 Å². The number of carbonyl (C=O) groups excluding carboxylic acids is 1. The maximum atomic E-state index is 12.6. The van der Waals surface area contributed by atoms with Gasteiger partial charge in [-0.2, -0.15) is 0 Å². The number of carbonyl (C=O) groups is 1. The van der Waals surface area contributed by atoms with Gasteiger partial charge in [0.1, 0.15) is 0 Å². The highest BCUT2D eigenvalue weighted by Crippen LogP contribution is 2.17. The fourth-order valence-corrected chi connectivity index (χ4v) is 2.58. The van der Waals surface area contributed by atoms with Crippen molar-refractivity contribution in [2.75, 3.05) is 0 Å². The third-order valence-corrected chi connectivity index (χ3v) is 3.64. The zero-order valence-corrected chi connectivity index (χ0v) is 12.9. The average molecular weight is 294 g/mol. The smallest absolute Gasteiger partial charge is 0.251 e. The molecule has 1 heterocycles. The minimum absolute atomic E-state index is 0.0109. The van der Waals surface area contributed by atoms with Crippen LogP contribution in [0.4, 0.5) is 0 Å². The first-order valence-corrected chi connectivity index (χ1v) is 7.33. The first-order chi connectivity index (χ1) is 10.5. The summed E-state index contributed by atoms with van der Waals surface area (Å²) in [5.41, 5.74) is 3.04. The van der Waals surface area contributed by atoms with Crippen molar-refractivity contribution in [3.8, 4) is 0 Å². The number of aryl methyl sites for hydroxylation is 1. The maximum Gasteiger partial charge on any atom is 0.251 e. The van der Waals surface area contributed by atoms with Crippen LogP contribution < -0.4 is 10.7 Å². The van der Waals surface area contributed by atoms with E-state index in [2.05, 4.69) is 10.3 Å². The van der Waals surface area contributed by atoms with Crippen molar-refractivity contribution in [1.82, 2.24) is 10.3 Å². The molecule has 0 radical (unpaired) electrons. The number of rotatable bonds is 2.